The van der Waals surface area contributed by atoms with Gasteiger partial charge in [-0.2, -0.15) is 0 Å². The zero-order chi connectivity index (χ0) is 18.8. The van der Waals surface area contributed by atoms with E-state index in [1.807, 2.05) is 54.6 Å². The van der Waals surface area contributed by atoms with Crippen LogP contribution in [0.15, 0.2) is 54.6 Å². The summed E-state index contributed by atoms with van der Waals surface area (Å²) in [4.78, 5) is 26.1. The minimum atomic E-state index is -0.111. The molecular weight excluding hydrogens is 326 g/mol. The molecule has 2 aromatic rings. The molecule has 26 heavy (non-hydrogen) atoms. The molecule has 138 valence electrons. The zero-order valence-electron chi connectivity index (χ0n) is 15.5. The highest BCUT2D eigenvalue weighted by Gasteiger charge is 2.07. The second kappa shape index (κ2) is 10.2. The van der Waals surface area contributed by atoms with Gasteiger partial charge in [0.05, 0.1) is 6.42 Å². The Morgan fingerprint density at radius 1 is 0.885 bits per heavy atom. The first-order chi connectivity index (χ1) is 12.6. The third kappa shape index (κ3) is 6.24. The molecule has 2 amide bonds. The number of carbonyl (C=O) groups is 2. The second-order valence-corrected chi connectivity index (χ2v) is 6.03. The van der Waals surface area contributed by atoms with E-state index in [0.717, 1.165) is 30.0 Å². The molecule has 0 atom stereocenters. The van der Waals surface area contributed by atoms with Crippen LogP contribution in [0.3, 0.4) is 0 Å². The Hall–Kier alpha value is -2.82. The molecule has 0 aromatic heterocycles. The van der Waals surface area contributed by atoms with Crippen LogP contribution < -0.4 is 15.5 Å². The van der Waals surface area contributed by atoms with E-state index in [0.29, 0.717) is 13.0 Å². The van der Waals surface area contributed by atoms with E-state index in [1.54, 1.807) is 0 Å². The highest BCUT2D eigenvalue weighted by Crippen LogP contribution is 2.17. The van der Waals surface area contributed by atoms with E-state index in [9.17, 15) is 9.59 Å². The fraction of sp³-hybridized carbons (Fsp3) is 0.333. The maximum atomic E-state index is 12.0. The van der Waals surface area contributed by atoms with E-state index in [2.05, 4.69) is 29.4 Å². The molecular formula is C21H27N3O2. The fourth-order valence-corrected chi connectivity index (χ4v) is 2.73. The minimum Gasteiger partial charge on any atom is -0.372 e. The third-order valence-corrected chi connectivity index (χ3v) is 4.16. The maximum absolute atomic E-state index is 12.0. The molecule has 2 aromatic carbocycles. The monoisotopic (exact) mass is 353 g/mol. The number of nitrogens with zero attached hydrogens (tertiary/aromatic N) is 1. The van der Waals surface area contributed by atoms with Gasteiger partial charge in [0.15, 0.2) is 0 Å². The van der Waals surface area contributed by atoms with Crippen molar-refractivity contribution in [2.45, 2.75) is 26.7 Å². The van der Waals surface area contributed by atoms with Crippen LogP contribution in [0.4, 0.5) is 11.4 Å². The molecule has 0 aliphatic heterocycles. The number of nitrogens with one attached hydrogen (secondary N) is 2. The molecule has 0 aliphatic carbocycles. The van der Waals surface area contributed by atoms with Gasteiger partial charge in [0.2, 0.25) is 11.8 Å². The molecule has 0 saturated heterocycles. The average Bonchev–Trinajstić information content (AvgIpc) is 2.65. The quantitative estimate of drug-likeness (QED) is 0.728. The summed E-state index contributed by atoms with van der Waals surface area (Å²) in [5, 5.41) is 5.64. The van der Waals surface area contributed by atoms with E-state index < -0.39 is 0 Å². The molecule has 5 heteroatoms. The van der Waals surface area contributed by atoms with Crippen molar-refractivity contribution in [2.75, 3.05) is 29.9 Å². The molecule has 5 nitrogen and oxygen atoms in total. The lowest BCUT2D eigenvalue weighted by Gasteiger charge is -2.21. The first-order valence-electron chi connectivity index (χ1n) is 9.07. The van der Waals surface area contributed by atoms with Gasteiger partial charge in [0.1, 0.15) is 0 Å². The average molecular weight is 353 g/mol. The summed E-state index contributed by atoms with van der Waals surface area (Å²) < 4.78 is 0. The Morgan fingerprint density at radius 2 is 1.54 bits per heavy atom. The Morgan fingerprint density at radius 3 is 2.15 bits per heavy atom. The number of hydrogen-bond donors (Lipinski definition) is 2. The molecule has 2 N–H and O–H groups in total. The van der Waals surface area contributed by atoms with Crippen molar-refractivity contribution in [3.05, 3.63) is 60.2 Å². The van der Waals surface area contributed by atoms with Gasteiger partial charge >= 0.3 is 0 Å². The van der Waals surface area contributed by atoms with E-state index in [1.165, 1.54) is 0 Å². The van der Waals surface area contributed by atoms with Crippen molar-refractivity contribution in [1.29, 1.82) is 0 Å². The zero-order valence-corrected chi connectivity index (χ0v) is 15.5. The Labute approximate surface area is 155 Å². The predicted octanol–water partition coefficient (Wildman–Crippen LogP) is 3.22. The van der Waals surface area contributed by atoms with E-state index in [4.69, 9.17) is 0 Å². The number of amides is 2. The normalized spacial score (nSPS) is 10.2. The van der Waals surface area contributed by atoms with Crippen molar-refractivity contribution in [3.63, 3.8) is 0 Å². The number of carbonyl (C=O) groups excluding carboxylic acids is 2. The summed E-state index contributed by atoms with van der Waals surface area (Å²) in [6, 6.07) is 17.4. The smallest absolute Gasteiger partial charge is 0.226 e. The van der Waals surface area contributed by atoms with Crippen LogP contribution in [-0.4, -0.2) is 31.4 Å². The number of hydrogen-bond acceptors (Lipinski definition) is 3. The molecule has 0 heterocycles. The first kappa shape index (κ1) is 19.5. The van der Waals surface area contributed by atoms with Gasteiger partial charge in [-0.1, -0.05) is 30.3 Å². The van der Waals surface area contributed by atoms with Crippen LogP contribution in [0.2, 0.25) is 0 Å². The van der Waals surface area contributed by atoms with E-state index >= 15 is 0 Å². The number of rotatable bonds is 9. The lowest BCUT2D eigenvalue weighted by Crippen LogP contribution is -2.28. The van der Waals surface area contributed by atoms with Crippen molar-refractivity contribution >= 4 is 23.2 Å². The van der Waals surface area contributed by atoms with Gasteiger partial charge in [0.25, 0.3) is 0 Å². The lowest BCUT2D eigenvalue weighted by atomic mass is 10.1. The maximum Gasteiger partial charge on any atom is 0.226 e. The molecule has 2 rings (SSSR count). The first-order valence-corrected chi connectivity index (χ1v) is 9.07. The highest BCUT2D eigenvalue weighted by molar-refractivity contribution is 5.91. The number of anilines is 2. The van der Waals surface area contributed by atoms with Gasteiger partial charge < -0.3 is 15.5 Å². The van der Waals surface area contributed by atoms with Crippen LogP contribution in [-0.2, 0) is 16.0 Å². The van der Waals surface area contributed by atoms with Crippen LogP contribution in [0, 0.1) is 0 Å². The second-order valence-electron chi connectivity index (χ2n) is 6.03. The van der Waals surface area contributed by atoms with Crippen molar-refractivity contribution in [1.82, 2.24) is 5.32 Å². The summed E-state index contributed by atoms with van der Waals surface area (Å²) in [6.45, 7) is 6.46. The molecule has 0 saturated carbocycles. The fourth-order valence-electron chi connectivity index (χ4n) is 2.73. The standard InChI is InChI=1S/C21H27N3O2/c1-3-24(4-2)19-12-10-18(11-13-19)23-20(25)14-15-22-21(26)16-17-8-6-5-7-9-17/h5-13H,3-4,14-16H2,1-2H3,(H,22,26)(H,23,25). The van der Waals surface area contributed by atoms with E-state index in [-0.39, 0.29) is 18.2 Å². The summed E-state index contributed by atoms with van der Waals surface area (Å²) in [6.07, 6.45) is 0.577. The van der Waals surface area contributed by atoms with Crippen LogP contribution >= 0.6 is 0 Å². The summed E-state index contributed by atoms with van der Waals surface area (Å²) in [5.74, 6) is -0.187. The SMILES string of the molecule is CCN(CC)c1ccc(NC(=O)CCNC(=O)Cc2ccccc2)cc1. The molecule has 0 fully saturated rings. The largest absolute Gasteiger partial charge is 0.372 e. The van der Waals surface area contributed by atoms with Crippen molar-refractivity contribution < 1.29 is 9.59 Å². The molecule has 0 bridgehead atoms. The summed E-state index contributed by atoms with van der Waals surface area (Å²) in [7, 11) is 0. The molecule has 0 aliphatic rings. The van der Waals surface area contributed by atoms with Crippen LogP contribution in [0.25, 0.3) is 0 Å². The molecule has 0 spiro atoms. The minimum absolute atomic E-state index is 0.0763. The molecule has 0 unspecified atom stereocenters. The Bertz CT molecular complexity index is 695. The van der Waals surface area contributed by atoms with Gasteiger partial charge in [-0.25, -0.2) is 0 Å². The Balaban J connectivity index is 1.72. The topological polar surface area (TPSA) is 61.4 Å². The Kier molecular flexibility index (Phi) is 7.68. The number of benzene rings is 2. The van der Waals surface area contributed by atoms with Crippen LogP contribution in [0.1, 0.15) is 25.8 Å². The van der Waals surface area contributed by atoms with Gasteiger partial charge in [0, 0.05) is 37.4 Å². The highest BCUT2D eigenvalue weighted by atomic mass is 16.2. The van der Waals surface area contributed by atoms with Gasteiger partial charge in [-0.15, -0.1) is 0 Å². The lowest BCUT2D eigenvalue weighted by molar-refractivity contribution is -0.120. The van der Waals surface area contributed by atoms with Gasteiger partial charge in [-0.3, -0.25) is 9.59 Å². The van der Waals surface area contributed by atoms with Crippen molar-refractivity contribution in [3.8, 4) is 0 Å². The molecule has 0 radical (unpaired) electrons. The third-order valence-electron chi connectivity index (χ3n) is 4.16. The summed E-state index contributed by atoms with van der Waals surface area (Å²) in [5.41, 5.74) is 2.87. The predicted molar refractivity (Wildman–Crippen MR) is 106 cm³/mol. The van der Waals surface area contributed by atoms with Gasteiger partial charge in [-0.05, 0) is 43.7 Å². The van der Waals surface area contributed by atoms with Crippen LogP contribution in [0.5, 0.6) is 0 Å². The summed E-state index contributed by atoms with van der Waals surface area (Å²) >= 11 is 0. The van der Waals surface area contributed by atoms with Crippen molar-refractivity contribution in [2.24, 2.45) is 0 Å².